The number of rotatable bonds is 6. The molecule has 0 saturated heterocycles. The third-order valence-electron chi connectivity index (χ3n) is 4.65. The Morgan fingerprint density at radius 3 is 2.50 bits per heavy atom. The van der Waals surface area contributed by atoms with Crippen LogP contribution in [0, 0.1) is 0 Å². The molecule has 13 heteroatoms. The van der Waals surface area contributed by atoms with Crippen LogP contribution in [-0.4, -0.2) is 59.3 Å². The first kappa shape index (κ1) is 23.3. The lowest BCUT2D eigenvalue weighted by Crippen LogP contribution is -2.16. The smallest absolute Gasteiger partial charge is 0.335 e. The number of halogens is 3. The highest BCUT2D eigenvalue weighted by Gasteiger charge is 2.31. The van der Waals surface area contributed by atoms with Crippen LogP contribution in [0.3, 0.4) is 0 Å². The minimum Gasteiger partial charge on any atom is -0.335 e. The highest BCUT2D eigenvalue weighted by atomic mass is 32.2. The van der Waals surface area contributed by atoms with Gasteiger partial charge >= 0.3 is 6.18 Å². The highest BCUT2D eigenvalue weighted by Crippen LogP contribution is 2.33. The van der Waals surface area contributed by atoms with Crippen molar-refractivity contribution in [1.29, 1.82) is 0 Å². The Balaban J connectivity index is 2.17. The van der Waals surface area contributed by atoms with E-state index >= 15 is 0 Å². The molecular formula is C19H20F3N7O2S. The first-order valence-electron chi connectivity index (χ1n) is 9.31. The van der Waals surface area contributed by atoms with Crippen LogP contribution in [0.25, 0.3) is 23.0 Å². The number of anilines is 1. The van der Waals surface area contributed by atoms with Gasteiger partial charge in [-0.2, -0.15) is 13.2 Å². The SMILES string of the molecule is CCS(=O)(=O)c1cc(N(C)C=NC)cnc1-c1nnc(-c2cc(C(F)(F)F)ccn2)n1C. The molecule has 32 heavy (non-hydrogen) atoms. The fourth-order valence-electron chi connectivity index (χ4n) is 2.92. The van der Waals surface area contributed by atoms with Gasteiger partial charge in [0.2, 0.25) is 0 Å². The topological polar surface area (TPSA) is 106 Å². The van der Waals surface area contributed by atoms with Crippen molar-refractivity contribution in [2.75, 3.05) is 24.7 Å². The summed E-state index contributed by atoms with van der Waals surface area (Å²) in [6.45, 7) is 1.50. The average molecular weight is 467 g/mol. The molecule has 9 nitrogen and oxygen atoms in total. The number of hydrogen-bond donors (Lipinski definition) is 0. The van der Waals surface area contributed by atoms with Gasteiger partial charge < -0.3 is 9.47 Å². The summed E-state index contributed by atoms with van der Waals surface area (Å²) >= 11 is 0. The molecule has 3 rings (SSSR count). The minimum absolute atomic E-state index is 0.0330. The molecule has 3 aromatic rings. The van der Waals surface area contributed by atoms with E-state index in [4.69, 9.17) is 0 Å². The predicted molar refractivity (Wildman–Crippen MR) is 113 cm³/mol. The van der Waals surface area contributed by atoms with Gasteiger partial charge in [0.15, 0.2) is 21.5 Å². The molecule has 0 amide bonds. The Kier molecular flexibility index (Phi) is 6.30. The molecule has 0 radical (unpaired) electrons. The highest BCUT2D eigenvalue weighted by molar-refractivity contribution is 7.91. The quantitative estimate of drug-likeness (QED) is 0.405. The number of aliphatic imine (C=N–C) groups is 1. The fraction of sp³-hybridized carbons (Fsp3) is 0.316. The molecule has 170 valence electrons. The van der Waals surface area contributed by atoms with E-state index in [1.165, 1.54) is 37.1 Å². The summed E-state index contributed by atoms with van der Waals surface area (Å²) in [5.74, 6) is -0.0759. The second kappa shape index (κ2) is 8.65. The van der Waals surface area contributed by atoms with E-state index in [0.717, 1.165) is 18.3 Å². The number of nitrogens with zero attached hydrogens (tertiary/aromatic N) is 7. The lowest BCUT2D eigenvalue weighted by Gasteiger charge is -2.16. The van der Waals surface area contributed by atoms with E-state index in [9.17, 15) is 21.6 Å². The zero-order chi connectivity index (χ0) is 23.7. The third kappa shape index (κ3) is 4.47. The van der Waals surface area contributed by atoms with Gasteiger partial charge in [0, 0.05) is 27.3 Å². The molecule has 3 heterocycles. The summed E-state index contributed by atoms with van der Waals surface area (Å²) in [5.41, 5.74) is -0.431. The summed E-state index contributed by atoms with van der Waals surface area (Å²) in [6.07, 6.45) is -0.578. The molecular weight excluding hydrogens is 447 g/mol. The van der Waals surface area contributed by atoms with Gasteiger partial charge in [-0.3, -0.25) is 9.98 Å². The zero-order valence-corrected chi connectivity index (χ0v) is 18.5. The second-order valence-electron chi connectivity index (χ2n) is 6.76. The Morgan fingerprint density at radius 1 is 1.19 bits per heavy atom. The van der Waals surface area contributed by atoms with Gasteiger partial charge in [-0.1, -0.05) is 6.92 Å². The Hall–Kier alpha value is -3.35. The van der Waals surface area contributed by atoms with Crippen LogP contribution in [0.2, 0.25) is 0 Å². The van der Waals surface area contributed by atoms with Crippen molar-refractivity contribution >= 4 is 21.9 Å². The predicted octanol–water partition coefficient (Wildman–Crippen LogP) is 2.85. The van der Waals surface area contributed by atoms with Crippen molar-refractivity contribution < 1.29 is 21.6 Å². The molecule has 0 aliphatic carbocycles. The van der Waals surface area contributed by atoms with Crippen LogP contribution < -0.4 is 4.90 Å². The van der Waals surface area contributed by atoms with Crippen LogP contribution >= 0.6 is 0 Å². The lowest BCUT2D eigenvalue weighted by molar-refractivity contribution is -0.137. The van der Waals surface area contributed by atoms with Gasteiger partial charge in [0.05, 0.1) is 34.4 Å². The van der Waals surface area contributed by atoms with Crippen molar-refractivity contribution in [2.45, 2.75) is 18.0 Å². The van der Waals surface area contributed by atoms with Gasteiger partial charge in [0.25, 0.3) is 0 Å². The largest absolute Gasteiger partial charge is 0.416 e. The Bertz CT molecular complexity index is 1270. The molecule has 0 unspecified atom stereocenters. The lowest BCUT2D eigenvalue weighted by atomic mass is 10.2. The van der Waals surface area contributed by atoms with Crippen LogP contribution in [0.4, 0.5) is 18.9 Å². The van der Waals surface area contributed by atoms with E-state index in [1.54, 1.807) is 19.0 Å². The number of sulfone groups is 1. The summed E-state index contributed by atoms with van der Waals surface area (Å²) in [5, 5.41) is 7.94. The monoisotopic (exact) mass is 467 g/mol. The number of hydrogen-bond acceptors (Lipinski definition) is 7. The maximum absolute atomic E-state index is 13.1. The molecule has 0 bridgehead atoms. The van der Waals surface area contributed by atoms with Crippen LogP contribution in [-0.2, 0) is 23.1 Å². The zero-order valence-electron chi connectivity index (χ0n) is 17.7. The summed E-state index contributed by atoms with van der Waals surface area (Å²) in [4.78, 5) is 13.6. The molecule has 0 N–H and O–H groups in total. The summed E-state index contributed by atoms with van der Waals surface area (Å²) in [7, 11) is 1.04. The van der Waals surface area contributed by atoms with Gasteiger partial charge in [-0.15, -0.1) is 10.2 Å². The van der Waals surface area contributed by atoms with E-state index < -0.39 is 21.6 Å². The van der Waals surface area contributed by atoms with Crippen LogP contribution in [0.1, 0.15) is 12.5 Å². The van der Waals surface area contributed by atoms with E-state index in [2.05, 4.69) is 25.2 Å². The van der Waals surface area contributed by atoms with Crippen LogP contribution in [0.5, 0.6) is 0 Å². The van der Waals surface area contributed by atoms with Crippen molar-refractivity contribution in [3.63, 3.8) is 0 Å². The number of aromatic nitrogens is 5. The van der Waals surface area contributed by atoms with E-state index in [1.807, 2.05) is 0 Å². The number of alkyl halides is 3. The molecule has 3 aromatic heterocycles. The van der Waals surface area contributed by atoms with Crippen LogP contribution in [0.15, 0.2) is 40.5 Å². The van der Waals surface area contributed by atoms with Crippen molar-refractivity contribution in [1.82, 2.24) is 24.7 Å². The molecule has 0 aliphatic heterocycles. The summed E-state index contributed by atoms with van der Waals surface area (Å²) < 4.78 is 66.1. The fourth-order valence-corrected chi connectivity index (χ4v) is 3.97. The van der Waals surface area contributed by atoms with Crippen molar-refractivity contribution in [2.24, 2.45) is 12.0 Å². The molecule has 0 saturated carbocycles. The molecule has 0 fully saturated rings. The van der Waals surface area contributed by atoms with E-state index in [-0.39, 0.29) is 33.7 Å². The molecule has 0 spiro atoms. The Labute approximate surface area is 182 Å². The Morgan fingerprint density at radius 2 is 1.88 bits per heavy atom. The molecule has 0 atom stereocenters. The first-order chi connectivity index (χ1) is 15.0. The van der Waals surface area contributed by atoms with Gasteiger partial charge in [-0.05, 0) is 18.2 Å². The second-order valence-corrected chi connectivity index (χ2v) is 9.01. The van der Waals surface area contributed by atoms with Gasteiger partial charge in [-0.25, -0.2) is 13.4 Å². The maximum atomic E-state index is 13.1. The van der Waals surface area contributed by atoms with Crippen molar-refractivity contribution in [3.8, 4) is 23.0 Å². The normalized spacial score (nSPS) is 12.5. The average Bonchev–Trinajstić information content (AvgIpc) is 3.14. The van der Waals surface area contributed by atoms with E-state index in [0.29, 0.717) is 5.69 Å². The first-order valence-corrected chi connectivity index (χ1v) is 11.0. The summed E-state index contributed by atoms with van der Waals surface area (Å²) in [6, 6.07) is 3.15. The maximum Gasteiger partial charge on any atom is 0.416 e. The minimum atomic E-state index is -4.55. The molecule has 0 aromatic carbocycles. The molecule has 0 aliphatic rings. The van der Waals surface area contributed by atoms with Crippen molar-refractivity contribution in [3.05, 3.63) is 36.2 Å². The third-order valence-corrected chi connectivity index (χ3v) is 6.39. The number of pyridine rings is 2. The standard InChI is InChI=1S/C19H20F3N7O2S/c1-5-32(30,31)15-9-13(28(3)11-23-2)10-25-16(15)18-27-26-17(29(18)4)14-8-12(6-7-24-14)19(20,21)22/h6-11H,5H2,1-4H3. The van der Waals surface area contributed by atoms with Gasteiger partial charge in [0.1, 0.15) is 11.4 Å².